The fourth-order valence-electron chi connectivity index (χ4n) is 1.72. The van der Waals surface area contributed by atoms with Crippen LogP contribution in [-0.4, -0.2) is 10.9 Å². The Morgan fingerprint density at radius 3 is 2.79 bits per heavy atom. The van der Waals surface area contributed by atoms with Crippen LogP contribution >= 0.6 is 11.6 Å². The Balaban J connectivity index is 2.48. The average molecular weight is 278 g/mol. The summed E-state index contributed by atoms with van der Waals surface area (Å²) in [5.74, 6) is 0.178. The summed E-state index contributed by atoms with van der Waals surface area (Å²) in [4.78, 5) is 17.3. The third-order valence-electron chi connectivity index (χ3n) is 2.52. The molecule has 6 heteroatoms. The molecule has 0 unspecified atom stereocenters. The van der Waals surface area contributed by atoms with E-state index in [4.69, 9.17) is 11.6 Å². The molecule has 2 aromatic rings. The fraction of sp³-hybridized carbons (Fsp3) is 0.0769. The number of quaternary nitrogens is 1. The number of carbonyl (C=O) groups is 1. The van der Waals surface area contributed by atoms with Gasteiger partial charge in [0.05, 0.1) is 5.69 Å². The number of hydrogen-bond acceptors (Lipinski definition) is 3. The van der Waals surface area contributed by atoms with Gasteiger partial charge in [-0.2, -0.15) is 0 Å². The van der Waals surface area contributed by atoms with Crippen LogP contribution in [0.25, 0.3) is 0 Å². The van der Waals surface area contributed by atoms with Gasteiger partial charge in [-0.1, -0.05) is 17.7 Å². The normalized spacial score (nSPS) is 10.3. The minimum atomic E-state index is -0.210. The molecule has 0 aliphatic carbocycles. The molecule has 0 bridgehead atoms. The van der Waals surface area contributed by atoms with Gasteiger partial charge in [0.15, 0.2) is 0 Å². The number of carbonyl (C=O) groups excluding carboxylic acids is 1. The van der Waals surface area contributed by atoms with Gasteiger partial charge in [-0.25, -0.2) is 4.98 Å². The molecule has 0 saturated heterocycles. The predicted octanol–water partition coefficient (Wildman–Crippen LogP) is 2.11. The van der Waals surface area contributed by atoms with Gasteiger partial charge in [0.25, 0.3) is 0 Å². The van der Waals surface area contributed by atoms with E-state index in [0.29, 0.717) is 27.7 Å². The van der Waals surface area contributed by atoms with E-state index < -0.39 is 0 Å². The molecule has 0 atom stereocenters. The molecule has 19 heavy (non-hydrogen) atoms. The Bertz CT molecular complexity index is 604. The average Bonchev–Trinajstić information content (AvgIpc) is 2.39. The Labute approximate surface area is 115 Å². The summed E-state index contributed by atoms with van der Waals surface area (Å²) in [6.07, 6.45) is 1.49. The summed E-state index contributed by atoms with van der Waals surface area (Å²) < 4.78 is 0. The Morgan fingerprint density at radius 2 is 2.16 bits per heavy atom. The van der Waals surface area contributed by atoms with Crippen LogP contribution in [0.2, 0.25) is 5.02 Å². The van der Waals surface area contributed by atoms with Crippen molar-refractivity contribution in [3.8, 4) is 0 Å². The fourth-order valence-corrected chi connectivity index (χ4v) is 1.90. The highest BCUT2D eigenvalue weighted by Crippen LogP contribution is 2.26. The maximum absolute atomic E-state index is 11.8. The summed E-state index contributed by atoms with van der Waals surface area (Å²) in [6, 6.07) is 10.0. The minimum Gasteiger partial charge on any atom is -0.630 e. The van der Waals surface area contributed by atoms with E-state index in [2.05, 4.69) is 4.98 Å². The second-order valence-electron chi connectivity index (χ2n) is 3.90. The third kappa shape index (κ3) is 3.08. The molecule has 1 amide bonds. The van der Waals surface area contributed by atoms with Crippen molar-refractivity contribution >= 4 is 34.7 Å². The standard InChI is InChI=1S/C13H12ClN3O2/c1-9(18)17(12-4-2-3-10(14)7-12)13-8-11(16-19)5-6-15-13/h2-8H,16H2,1H3. The van der Waals surface area contributed by atoms with Gasteiger partial charge in [-0.15, -0.1) is 0 Å². The van der Waals surface area contributed by atoms with Gasteiger partial charge in [0.1, 0.15) is 11.5 Å². The zero-order valence-corrected chi connectivity index (χ0v) is 11.0. The van der Waals surface area contributed by atoms with Crippen molar-refractivity contribution in [3.05, 3.63) is 52.8 Å². The molecule has 0 radical (unpaired) electrons. The quantitative estimate of drug-likeness (QED) is 0.873. The van der Waals surface area contributed by atoms with Crippen molar-refractivity contribution in [3.63, 3.8) is 0 Å². The van der Waals surface area contributed by atoms with E-state index in [9.17, 15) is 10.0 Å². The lowest BCUT2D eigenvalue weighted by Crippen LogP contribution is -2.70. The molecule has 1 aromatic heterocycles. The molecule has 0 aliphatic heterocycles. The van der Waals surface area contributed by atoms with Crippen LogP contribution < -0.4 is 10.4 Å². The van der Waals surface area contributed by atoms with Crippen molar-refractivity contribution in [1.82, 2.24) is 4.98 Å². The van der Waals surface area contributed by atoms with E-state index in [1.165, 1.54) is 18.0 Å². The molecule has 0 aliphatic rings. The number of rotatable bonds is 3. The van der Waals surface area contributed by atoms with Gasteiger partial charge in [0, 0.05) is 30.3 Å². The first-order chi connectivity index (χ1) is 9.11. The number of pyridine rings is 1. The van der Waals surface area contributed by atoms with Crippen LogP contribution in [0.4, 0.5) is 17.2 Å². The van der Waals surface area contributed by atoms with E-state index in [-0.39, 0.29) is 5.91 Å². The largest absolute Gasteiger partial charge is 0.630 e. The lowest BCUT2D eigenvalue weighted by atomic mass is 10.2. The molecule has 0 saturated carbocycles. The number of halogens is 1. The molecule has 0 fully saturated rings. The second-order valence-corrected chi connectivity index (χ2v) is 4.34. The lowest BCUT2D eigenvalue weighted by Gasteiger charge is -2.20. The summed E-state index contributed by atoms with van der Waals surface area (Å²) in [7, 11) is 0. The van der Waals surface area contributed by atoms with Crippen LogP contribution in [0.5, 0.6) is 0 Å². The zero-order valence-electron chi connectivity index (χ0n) is 10.2. The lowest BCUT2D eigenvalue weighted by molar-refractivity contribution is -0.497. The summed E-state index contributed by atoms with van der Waals surface area (Å²) in [6.45, 7) is 1.43. The molecule has 0 spiro atoms. The molecular formula is C13H12ClN3O2. The van der Waals surface area contributed by atoms with Gasteiger partial charge in [0.2, 0.25) is 5.91 Å². The van der Waals surface area contributed by atoms with E-state index >= 15 is 0 Å². The smallest absolute Gasteiger partial charge is 0.229 e. The van der Waals surface area contributed by atoms with E-state index in [1.54, 1.807) is 36.4 Å². The molecular weight excluding hydrogens is 266 g/mol. The molecule has 5 nitrogen and oxygen atoms in total. The molecule has 1 aromatic carbocycles. The molecule has 98 valence electrons. The first kappa shape index (κ1) is 13.5. The van der Waals surface area contributed by atoms with Crippen LogP contribution in [0, 0.1) is 5.21 Å². The number of amides is 1. The van der Waals surface area contributed by atoms with Crippen LogP contribution in [0.1, 0.15) is 6.92 Å². The maximum Gasteiger partial charge on any atom is 0.229 e. The van der Waals surface area contributed by atoms with Crippen LogP contribution in [0.3, 0.4) is 0 Å². The highest BCUT2D eigenvalue weighted by molar-refractivity contribution is 6.31. The Morgan fingerprint density at radius 1 is 1.37 bits per heavy atom. The number of benzene rings is 1. The number of anilines is 2. The number of aromatic nitrogens is 1. The van der Waals surface area contributed by atoms with Crippen molar-refractivity contribution in [2.24, 2.45) is 0 Å². The molecule has 1 heterocycles. The minimum absolute atomic E-state index is 0.210. The van der Waals surface area contributed by atoms with Crippen LogP contribution in [0.15, 0.2) is 42.6 Å². The number of nitrogens with zero attached hydrogens (tertiary/aromatic N) is 2. The van der Waals surface area contributed by atoms with Gasteiger partial charge >= 0.3 is 0 Å². The van der Waals surface area contributed by atoms with E-state index in [1.807, 2.05) is 0 Å². The summed E-state index contributed by atoms with van der Waals surface area (Å²) >= 11 is 5.93. The van der Waals surface area contributed by atoms with Crippen molar-refractivity contribution in [1.29, 1.82) is 0 Å². The van der Waals surface area contributed by atoms with Crippen molar-refractivity contribution < 1.29 is 10.3 Å². The third-order valence-corrected chi connectivity index (χ3v) is 2.75. The van der Waals surface area contributed by atoms with Gasteiger partial charge in [-0.05, 0) is 18.2 Å². The van der Waals surface area contributed by atoms with E-state index in [0.717, 1.165) is 0 Å². The Hall–Kier alpha value is -1.95. The first-order valence-corrected chi connectivity index (χ1v) is 5.97. The molecule has 2 N–H and O–H groups in total. The topological polar surface area (TPSA) is 72.9 Å². The van der Waals surface area contributed by atoms with Gasteiger partial charge in [-0.3, -0.25) is 9.69 Å². The molecule has 2 rings (SSSR count). The summed E-state index contributed by atoms with van der Waals surface area (Å²) in [5, 5.41) is 11.3. The van der Waals surface area contributed by atoms with Crippen molar-refractivity contribution in [2.75, 3.05) is 4.90 Å². The number of hydrogen-bond donors (Lipinski definition) is 1. The van der Waals surface area contributed by atoms with Crippen molar-refractivity contribution in [2.45, 2.75) is 6.92 Å². The monoisotopic (exact) mass is 277 g/mol. The second kappa shape index (κ2) is 5.79. The van der Waals surface area contributed by atoms with Gasteiger partial charge < -0.3 is 10.7 Å². The zero-order chi connectivity index (χ0) is 13.8. The first-order valence-electron chi connectivity index (χ1n) is 5.59. The highest BCUT2D eigenvalue weighted by atomic mass is 35.5. The predicted molar refractivity (Wildman–Crippen MR) is 73.5 cm³/mol. The van der Waals surface area contributed by atoms with Crippen LogP contribution in [-0.2, 0) is 4.79 Å². The summed E-state index contributed by atoms with van der Waals surface area (Å²) in [5.41, 5.74) is 1.77. The Kier molecular flexibility index (Phi) is 4.11. The SMILES string of the molecule is CC(=O)N(c1cccc(Cl)c1)c1cc([NH2+][O-])ccn1. The maximum atomic E-state index is 11.8. The highest BCUT2D eigenvalue weighted by Gasteiger charge is 2.16. The number of nitrogens with two attached hydrogens (primary N) is 1.